The second-order valence-electron chi connectivity index (χ2n) is 5.25. The lowest BCUT2D eigenvalue weighted by atomic mass is 10.2. The number of hydrogen-bond acceptors (Lipinski definition) is 7. The van der Waals surface area contributed by atoms with Crippen LogP contribution in [-0.2, 0) is 0 Å². The summed E-state index contributed by atoms with van der Waals surface area (Å²) >= 11 is 1.49. The third-order valence-corrected chi connectivity index (χ3v) is 4.42. The quantitative estimate of drug-likeness (QED) is 0.497. The van der Waals surface area contributed by atoms with Gasteiger partial charge in [0, 0.05) is 10.9 Å². The van der Waals surface area contributed by atoms with Crippen molar-refractivity contribution in [1.29, 1.82) is 0 Å². The van der Waals surface area contributed by atoms with Gasteiger partial charge in [0.15, 0.2) is 11.5 Å². The lowest BCUT2D eigenvalue weighted by Gasteiger charge is -2.07. The Hall–Kier alpha value is -3.06. The van der Waals surface area contributed by atoms with Gasteiger partial charge < -0.3 is 14.2 Å². The Kier molecular flexibility index (Phi) is 5.70. The van der Waals surface area contributed by atoms with E-state index in [1.54, 1.807) is 27.5 Å². The topological polar surface area (TPSA) is 65.0 Å². The number of anilines is 1. The summed E-state index contributed by atoms with van der Waals surface area (Å²) in [5, 5.41) is 6.93. The standard InChI is InChI=1S/C19H19N3O3S/c1-23-15-7-5-14(6-8-15)16-12-26-19(21-16)22-20-11-13-4-9-17(24-2)18(10-13)25-3/h4-12H,1-3H3,(H,21,22). The smallest absolute Gasteiger partial charge is 0.203 e. The number of nitrogens with zero attached hydrogens (tertiary/aromatic N) is 2. The minimum atomic E-state index is 0.660. The highest BCUT2D eigenvalue weighted by molar-refractivity contribution is 7.14. The number of thiazole rings is 1. The number of benzene rings is 2. The summed E-state index contributed by atoms with van der Waals surface area (Å²) in [7, 11) is 4.86. The second kappa shape index (κ2) is 8.35. The first-order chi connectivity index (χ1) is 12.7. The van der Waals surface area contributed by atoms with Crippen molar-refractivity contribution < 1.29 is 14.2 Å². The van der Waals surface area contributed by atoms with Crippen LogP contribution in [0.5, 0.6) is 17.2 Å². The maximum atomic E-state index is 5.28. The van der Waals surface area contributed by atoms with Gasteiger partial charge in [-0.2, -0.15) is 5.10 Å². The zero-order valence-corrected chi connectivity index (χ0v) is 15.5. The Morgan fingerprint density at radius 3 is 2.42 bits per heavy atom. The first-order valence-electron chi connectivity index (χ1n) is 7.84. The molecular weight excluding hydrogens is 350 g/mol. The summed E-state index contributed by atoms with van der Waals surface area (Å²) in [6, 6.07) is 13.4. The third kappa shape index (κ3) is 4.12. The summed E-state index contributed by atoms with van der Waals surface area (Å²) in [6.45, 7) is 0. The van der Waals surface area contributed by atoms with Gasteiger partial charge >= 0.3 is 0 Å². The van der Waals surface area contributed by atoms with Crippen LogP contribution in [0.4, 0.5) is 5.13 Å². The van der Waals surface area contributed by atoms with E-state index in [9.17, 15) is 0 Å². The first kappa shape index (κ1) is 17.8. The molecule has 6 nitrogen and oxygen atoms in total. The minimum absolute atomic E-state index is 0.660. The van der Waals surface area contributed by atoms with Crippen LogP contribution in [-0.4, -0.2) is 32.5 Å². The number of rotatable bonds is 7. The first-order valence-corrected chi connectivity index (χ1v) is 8.72. The molecule has 7 heteroatoms. The van der Waals surface area contributed by atoms with Crippen molar-refractivity contribution >= 4 is 22.7 Å². The molecule has 1 N–H and O–H groups in total. The Morgan fingerprint density at radius 1 is 0.962 bits per heavy atom. The van der Waals surface area contributed by atoms with Crippen molar-refractivity contribution in [2.75, 3.05) is 26.8 Å². The molecule has 0 spiro atoms. The molecule has 0 bridgehead atoms. The van der Waals surface area contributed by atoms with E-state index in [1.807, 2.05) is 47.8 Å². The van der Waals surface area contributed by atoms with Gasteiger partial charge in [0.2, 0.25) is 5.13 Å². The van der Waals surface area contributed by atoms with Crippen molar-refractivity contribution in [3.05, 3.63) is 53.4 Å². The monoisotopic (exact) mass is 369 g/mol. The maximum Gasteiger partial charge on any atom is 0.203 e. The molecule has 3 aromatic rings. The summed E-state index contributed by atoms with van der Waals surface area (Å²) in [5.74, 6) is 2.16. The fourth-order valence-corrected chi connectivity index (χ4v) is 2.98. The summed E-state index contributed by atoms with van der Waals surface area (Å²) in [5.41, 5.74) is 5.76. The lowest BCUT2D eigenvalue weighted by Crippen LogP contribution is -1.94. The van der Waals surface area contributed by atoms with Gasteiger partial charge in [-0.1, -0.05) is 0 Å². The fraction of sp³-hybridized carbons (Fsp3) is 0.158. The normalized spacial score (nSPS) is 10.7. The van der Waals surface area contributed by atoms with Crippen LogP contribution in [0.2, 0.25) is 0 Å². The number of nitrogens with one attached hydrogen (secondary N) is 1. The molecular formula is C19H19N3O3S. The van der Waals surface area contributed by atoms with Gasteiger partial charge in [0.25, 0.3) is 0 Å². The third-order valence-electron chi connectivity index (χ3n) is 3.67. The Morgan fingerprint density at radius 2 is 1.73 bits per heavy atom. The van der Waals surface area contributed by atoms with Crippen LogP contribution < -0.4 is 19.6 Å². The molecule has 134 valence electrons. The van der Waals surface area contributed by atoms with Crippen molar-refractivity contribution in [1.82, 2.24) is 4.98 Å². The van der Waals surface area contributed by atoms with Crippen LogP contribution >= 0.6 is 11.3 Å². The molecule has 0 fully saturated rings. The maximum absolute atomic E-state index is 5.28. The average Bonchev–Trinajstić information content (AvgIpc) is 3.16. The van der Waals surface area contributed by atoms with E-state index in [0.717, 1.165) is 22.6 Å². The van der Waals surface area contributed by atoms with Crippen LogP contribution in [0.15, 0.2) is 52.9 Å². The van der Waals surface area contributed by atoms with Crippen LogP contribution in [0.3, 0.4) is 0 Å². The highest BCUT2D eigenvalue weighted by Crippen LogP contribution is 2.28. The number of hydrazone groups is 1. The number of hydrogen-bond donors (Lipinski definition) is 1. The second-order valence-corrected chi connectivity index (χ2v) is 6.11. The van der Waals surface area contributed by atoms with Crippen molar-refractivity contribution in [2.24, 2.45) is 5.10 Å². The molecule has 0 aliphatic rings. The van der Waals surface area contributed by atoms with Gasteiger partial charge in [-0.3, -0.25) is 5.43 Å². The van der Waals surface area contributed by atoms with Crippen LogP contribution in [0.1, 0.15) is 5.56 Å². The molecule has 26 heavy (non-hydrogen) atoms. The molecule has 0 atom stereocenters. The molecule has 1 heterocycles. The van der Waals surface area contributed by atoms with Gasteiger partial charge in [0.1, 0.15) is 5.75 Å². The van der Waals surface area contributed by atoms with E-state index in [4.69, 9.17) is 14.2 Å². The van der Waals surface area contributed by atoms with Crippen LogP contribution in [0, 0.1) is 0 Å². The highest BCUT2D eigenvalue weighted by Gasteiger charge is 2.05. The fourth-order valence-electron chi connectivity index (χ4n) is 2.31. The molecule has 3 rings (SSSR count). The minimum Gasteiger partial charge on any atom is -0.497 e. The SMILES string of the molecule is COc1ccc(-c2csc(NN=Cc3ccc(OC)c(OC)c3)n2)cc1. The van der Waals surface area contributed by atoms with Gasteiger partial charge in [-0.25, -0.2) is 4.98 Å². The van der Waals surface area contributed by atoms with Crippen molar-refractivity contribution in [3.63, 3.8) is 0 Å². The van der Waals surface area contributed by atoms with Gasteiger partial charge in [-0.15, -0.1) is 11.3 Å². The highest BCUT2D eigenvalue weighted by atomic mass is 32.1. The molecule has 2 aromatic carbocycles. The van der Waals surface area contributed by atoms with Crippen molar-refractivity contribution in [3.8, 4) is 28.5 Å². The van der Waals surface area contributed by atoms with E-state index in [0.29, 0.717) is 16.6 Å². The molecule has 0 unspecified atom stereocenters. The molecule has 0 saturated carbocycles. The number of ether oxygens (including phenoxy) is 3. The summed E-state index contributed by atoms with van der Waals surface area (Å²) in [6.07, 6.45) is 1.70. The molecule has 0 saturated heterocycles. The Bertz CT molecular complexity index is 891. The largest absolute Gasteiger partial charge is 0.497 e. The Labute approximate surface area is 156 Å². The predicted molar refractivity (Wildman–Crippen MR) is 105 cm³/mol. The molecule has 0 aliphatic carbocycles. The van der Waals surface area contributed by atoms with Gasteiger partial charge in [-0.05, 0) is 48.0 Å². The predicted octanol–water partition coefficient (Wildman–Crippen LogP) is 4.28. The average molecular weight is 369 g/mol. The van der Waals surface area contributed by atoms with E-state index in [-0.39, 0.29) is 0 Å². The van der Waals surface area contributed by atoms with Crippen molar-refractivity contribution in [2.45, 2.75) is 0 Å². The number of aromatic nitrogens is 1. The van der Waals surface area contributed by atoms with E-state index >= 15 is 0 Å². The lowest BCUT2D eigenvalue weighted by molar-refractivity contribution is 0.355. The van der Waals surface area contributed by atoms with E-state index in [2.05, 4.69) is 15.5 Å². The number of methoxy groups -OCH3 is 3. The summed E-state index contributed by atoms with van der Waals surface area (Å²) in [4.78, 5) is 4.54. The molecule has 0 radical (unpaired) electrons. The zero-order valence-electron chi connectivity index (χ0n) is 14.7. The van der Waals surface area contributed by atoms with E-state index < -0.39 is 0 Å². The molecule has 0 amide bonds. The molecule has 0 aliphatic heterocycles. The van der Waals surface area contributed by atoms with E-state index in [1.165, 1.54) is 11.3 Å². The van der Waals surface area contributed by atoms with Crippen LogP contribution in [0.25, 0.3) is 11.3 Å². The summed E-state index contributed by atoms with van der Waals surface area (Å²) < 4.78 is 15.7. The zero-order chi connectivity index (χ0) is 18.4. The Balaban J connectivity index is 1.66. The molecule has 1 aromatic heterocycles. The van der Waals surface area contributed by atoms with Gasteiger partial charge in [0.05, 0.1) is 33.2 Å².